The van der Waals surface area contributed by atoms with Gasteiger partial charge in [0.05, 0.1) is 0 Å². The summed E-state index contributed by atoms with van der Waals surface area (Å²) < 4.78 is 38.0. The van der Waals surface area contributed by atoms with Crippen LogP contribution in [0.4, 0.5) is 0 Å². The molecule has 0 aromatic heterocycles. The van der Waals surface area contributed by atoms with Crippen LogP contribution in [-0.2, 0) is 10.0 Å². The molecule has 0 aliphatic carbocycles. The Morgan fingerprint density at radius 1 is 1.07 bits per heavy atom. The van der Waals surface area contributed by atoms with E-state index < -0.39 is 10.0 Å². The molecule has 2 aliphatic rings. The lowest BCUT2D eigenvalue weighted by molar-refractivity contribution is 0.174. The number of thioether (sulfide) groups is 1. The molecular formula is C21H23NO4S2. The highest BCUT2D eigenvalue weighted by atomic mass is 32.2. The van der Waals surface area contributed by atoms with Gasteiger partial charge in [-0.25, -0.2) is 8.42 Å². The monoisotopic (exact) mass is 417 g/mol. The van der Waals surface area contributed by atoms with Crippen molar-refractivity contribution in [1.29, 1.82) is 0 Å². The fourth-order valence-corrected chi connectivity index (χ4v) is 5.86. The lowest BCUT2D eigenvalue weighted by atomic mass is 10.1. The number of ether oxygens (including phenoxy) is 2. The summed E-state index contributed by atoms with van der Waals surface area (Å²) in [5.74, 6) is 2.30. The molecule has 0 bridgehead atoms. The van der Waals surface area contributed by atoms with Crippen LogP contribution in [0.1, 0.15) is 28.4 Å². The van der Waals surface area contributed by atoms with E-state index in [4.69, 9.17) is 9.47 Å². The van der Waals surface area contributed by atoms with E-state index in [9.17, 15) is 8.42 Å². The Balaban J connectivity index is 1.43. The number of aryl methyl sites for hydroxylation is 1. The number of rotatable bonds is 4. The molecule has 0 radical (unpaired) electrons. The van der Waals surface area contributed by atoms with Gasteiger partial charge in [-0.05, 0) is 42.7 Å². The molecule has 1 unspecified atom stereocenters. The molecule has 2 heterocycles. The minimum Gasteiger partial charge on any atom is -0.454 e. The second-order valence-electron chi connectivity index (χ2n) is 6.92. The van der Waals surface area contributed by atoms with Crippen LogP contribution in [0, 0.1) is 6.92 Å². The summed E-state index contributed by atoms with van der Waals surface area (Å²) in [5, 5.41) is 1.57. The van der Waals surface area contributed by atoms with Crippen molar-refractivity contribution in [3.8, 4) is 11.5 Å². The van der Waals surface area contributed by atoms with Crippen LogP contribution >= 0.6 is 11.8 Å². The van der Waals surface area contributed by atoms with E-state index in [1.165, 1.54) is 5.41 Å². The quantitative estimate of drug-likeness (QED) is 0.746. The van der Waals surface area contributed by atoms with E-state index in [2.05, 4.69) is 0 Å². The molecule has 2 aromatic rings. The summed E-state index contributed by atoms with van der Waals surface area (Å²) in [6.07, 6.45) is 2.43. The maximum Gasteiger partial charge on any atom is 0.236 e. The molecule has 1 atom stereocenters. The van der Waals surface area contributed by atoms with E-state index in [-0.39, 0.29) is 12.0 Å². The van der Waals surface area contributed by atoms with Crippen LogP contribution in [-0.4, -0.2) is 38.4 Å². The average Bonchev–Trinajstić information content (AvgIpc) is 3.01. The van der Waals surface area contributed by atoms with Gasteiger partial charge < -0.3 is 9.47 Å². The lowest BCUT2D eigenvalue weighted by Gasteiger charge is -2.18. The van der Waals surface area contributed by atoms with Gasteiger partial charge in [0.25, 0.3) is 0 Å². The van der Waals surface area contributed by atoms with E-state index >= 15 is 0 Å². The number of sulfonamides is 1. The van der Waals surface area contributed by atoms with Gasteiger partial charge in [0.2, 0.25) is 16.8 Å². The molecule has 7 heteroatoms. The van der Waals surface area contributed by atoms with Crippen molar-refractivity contribution in [2.45, 2.75) is 18.6 Å². The highest BCUT2D eigenvalue weighted by molar-refractivity contribution is 7.99. The zero-order valence-corrected chi connectivity index (χ0v) is 17.3. The Labute approximate surface area is 170 Å². The minimum absolute atomic E-state index is 0.246. The molecule has 4 rings (SSSR count). The van der Waals surface area contributed by atoms with Crippen molar-refractivity contribution >= 4 is 27.9 Å². The number of hydrogen-bond donors (Lipinski definition) is 0. The van der Waals surface area contributed by atoms with Gasteiger partial charge in [0, 0.05) is 29.5 Å². The zero-order valence-electron chi connectivity index (χ0n) is 15.7. The van der Waals surface area contributed by atoms with Crippen molar-refractivity contribution in [1.82, 2.24) is 4.31 Å². The fraction of sp³-hybridized carbons (Fsp3) is 0.333. The van der Waals surface area contributed by atoms with Crippen LogP contribution in [0.15, 0.2) is 47.9 Å². The number of nitrogens with zero attached hydrogens (tertiary/aromatic N) is 1. The van der Waals surface area contributed by atoms with Gasteiger partial charge in [0.15, 0.2) is 11.5 Å². The van der Waals surface area contributed by atoms with Gasteiger partial charge in [0.1, 0.15) is 0 Å². The Bertz CT molecular complexity index is 970. The second kappa shape index (κ2) is 8.19. The molecule has 1 fully saturated rings. The molecule has 0 amide bonds. The summed E-state index contributed by atoms with van der Waals surface area (Å²) >= 11 is 1.79. The van der Waals surface area contributed by atoms with Crippen molar-refractivity contribution in [3.05, 3.63) is 64.6 Å². The van der Waals surface area contributed by atoms with Crippen LogP contribution in [0.5, 0.6) is 11.5 Å². The van der Waals surface area contributed by atoms with Crippen LogP contribution in [0.2, 0.25) is 0 Å². The molecule has 0 N–H and O–H groups in total. The van der Waals surface area contributed by atoms with Crippen LogP contribution in [0.3, 0.4) is 0 Å². The molecule has 148 valence electrons. The van der Waals surface area contributed by atoms with E-state index in [0.717, 1.165) is 40.4 Å². The average molecular weight is 418 g/mol. The van der Waals surface area contributed by atoms with Crippen LogP contribution < -0.4 is 9.47 Å². The molecule has 0 saturated carbocycles. The third kappa shape index (κ3) is 4.37. The topological polar surface area (TPSA) is 55.8 Å². The maximum absolute atomic E-state index is 12.8. The Morgan fingerprint density at radius 3 is 2.68 bits per heavy atom. The van der Waals surface area contributed by atoms with Gasteiger partial charge in [-0.15, -0.1) is 0 Å². The van der Waals surface area contributed by atoms with Gasteiger partial charge in [-0.2, -0.15) is 16.1 Å². The zero-order chi connectivity index (χ0) is 19.6. The van der Waals surface area contributed by atoms with E-state index in [0.29, 0.717) is 13.1 Å². The summed E-state index contributed by atoms with van der Waals surface area (Å²) in [6, 6.07) is 13.8. The van der Waals surface area contributed by atoms with Crippen molar-refractivity contribution in [2.24, 2.45) is 0 Å². The van der Waals surface area contributed by atoms with E-state index in [1.807, 2.05) is 49.4 Å². The molecule has 2 aliphatic heterocycles. The van der Waals surface area contributed by atoms with Gasteiger partial charge >= 0.3 is 0 Å². The summed E-state index contributed by atoms with van der Waals surface area (Å²) in [4.78, 5) is 0. The van der Waals surface area contributed by atoms with Crippen LogP contribution in [0.25, 0.3) is 6.08 Å². The molecule has 28 heavy (non-hydrogen) atoms. The van der Waals surface area contributed by atoms with Gasteiger partial charge in [-0.1, -0.05) is 35.9 Å². The summed E-state index contributed by atoms with van der Waals surface area (Å²) in [7, 11) is -3.44. The lowest BCUT2D eigenvalue weighted by Crippen LogP contribution is -2.31. The first kappa shape index (κ1) is 19.4. The maximum atomic E-state index is 12.8. The smallest absolute Gasteiger partial charge is 0.236 e. The van der Waals surface area contributed by atoms with Crippen molar-refractivity contribution in [3.63, 3.8) is 0 Å². The summed E-state index contributed by atoms with van der Waals surface area (Å²) in [5.41, 5.74) is 3.19. The molecule has 5 nitrogen and oxygen atoms in total. The molecule has 1 saturated heterocycles. The van der Waals surface area contributed by atoms with Crippen molar-refractivity contribution in [2.75, 3.05) is 25.6 Å². The first-order chi connectivity index (χ1) is 13.5. The predicted octanol–water partition coefficient (Wildman–Crippen LogP) is 4.20. The Hall–Kier alpha value is -1.96. The standard InChI is InChI=1S/C21H23NO4S2/c1-16-2-4-17(5-3-16)9-13-28(23,24)22-10-8-21(27-12-11-22)18-6-7-19-20(14-18)26-15-25-19/h2-7,9,13-14,21H,8,10-12,15H2,1H3/b13-9+. The third-order valence-corrected chi connectivity index (χ3v) is 7.83. The Kier molecular flexibility index (Phi) is 5.66. The van der Waals surface area contributed by atoms with Gasteiger partial charge in [-0.3, -0.25) is 0 Å². The molecule has 0 spiro atoms. The van der Waals surface area contributed by atoms with E-state index in [1.54, 1.807) is 22.1 Å². The Morgan fingerprint density at radius 2 is 1.86 bits per heavy atom. The number of benzene rings is 2. The largest absolute Gasteiger partial charge is 0.454 e. The normalized spacial score (nSPS) is 20.4. The second-order valence-corrected chi connectivity index (χ2v) is 10.0. The first-order valence-corrected chi connectivity index (χ1v) is 11.8. The predicted molar refractivity (Wildman–Crippen MR) is 113 cm³/mol. The first-order valence-electron chi connectivity index (χ1n) is 9.27. The molecular weight excluding hydrogens is 394 g/mol. The minimum atomic E-state index is -3.44. The fourth-order valence-electron chi connectivity index (χ4n) is 3.31. The highest BCUT2D eigenvalue weighted by Gasteiger charge is 2.26. The third-order valence-electron chi connectivity index (χ3n) is 4.94. The molecule has 2 aromatic carbocycles. The SMILES string of the molecule is Cc1ccc(/C=C/S(=O)(=O)N2CCSC(c3ccc4c(c3)OCO4)CC2)cc1. The summed E-state index contributed by atoms with van der Waals surface area (Å²) in [6.45, 7) is 3.30. The van der Waals surface area contributed by atoms with Crippen molar-refractivity contribution < 1.29 is 17.9 Å². The highest BCUT2D eigenvalue weighted by Crippen LogP contribution is 2.40. The number of hydrogen-bond acceptors (Lipinski definition) is 5. The number of fused-ring (bicyclic) bond motifs is 1.